The summed E-state index contributed by atoms with van der Waals surface area (Å²) in [4.78, 5) is 65.7. The highest BCUT2D eigenvalue weighted by molar-refractivity contribution is 14.1. The molecule has 1 fully saturated rings. The number of benzene rings is 3. The van der Waals surface area contributed by atoms with E-state index < -0.39 is 52.6 Å². The van der Waals surface area contributed by atoms with Crippen molar-refractivity contribution in [3.63, 3.8) is 0 Å². The predicted molar refractivity (Wildman–Crippen MR) is 272 cm³/mol. The van der Waals surface area contributed by atoms with Gasteiger partial charge in [-0.05, 0) is 116 Å². The number of hydrogen-bond acceptors (Lipinski definition) is 10. The number of aliphatic hydroxyl groups is 1. The zero-order chi connectivity index (χ0) is 50.1. The molecule has 13 nitrogen and oxygen atoms in total. The molecule has 4 aromatic rings. The van der Waals surface area contributed by atoms with Gasteiger partial charge in [0, 0.05) is 23.0 Å². The van der Waals surface area contributed by atoms with Crippen molar-refractivity contribution in [1.82, 2.24) is 31.3 Å². The van der Waals surface area contributed by atoms with Gasteiger partial charge in [-0.15, -0.1) is 11.3 Å². The van der Waals surface area contributed by atoms with Crippen LogP contribution >= 0.6 is 33.9 Å². The average molecular weight is 1090 g/mol. The number of halogens is 4. The minimum absolute atomic E-state index is 0.0180. The third-order valence-corrected chi connectivity index (χ3v) is 13.8. The van der Waals surface area contributed by atoms with Crippen LogP contribution in [0.15, 0.2) is 60.1 Å². The summed E-state index contributed by atoms with van der Waals surface area (Å²) in [5.41, 5.74) is 5.53. The minimum atomic E-state index is -1.31. The summed E-state index contributed by atoms with van der Waals surface area (Å²) in [5.74, 6) is -4.90. The summed E-state index contributed by atoms with van der Waals surface area (Å²) in [7, 11) is 0. The van der Waals surface area contributed by atoms with Crippen molar-refractivity contribution in [2.45, 2.75) is 136 Å². The van der Waals surface area contributed by atoms with Crippen molar-refractivity contribution in [2.24, 2.45) is 5.41 Å². The Bertz CT molecular complexity index is 2330. The van der Waals surface area contributed by atoms with E-state index >= 15 is 0 Å². The molecular formula is C51H67F3IN7O6S. The van der Waals surface area contributed by atoms with Gasteiger partial charge in [0.25, 0.3) is 5.91 Å². The van der Waals surface area contributed by atoms with Crippen LogP contribution in [0.4, 0.5) is 24.5 Å². The number of hydrogen-bond donors (Lipinski definition) is 6. The van der Waals surface area contributed by atoms with Crippen molar-refractivity contribution in [3.8, 4) is 10.4 Å². The number of thiazole rings is 1. The number of amides is 4. The van der Waals surface area contributed by atoms with E-state index in [0.717, 1.165) is 91.7 Å². The van der Waals surface area contributed by atoms with Crippen LogP contribution in [0.3, 0.4) is 0 Å². The van der Waals surface area contributed by atoms with Gasteiger partial charge in [-0.2, -0.15) is 0 Å². The Morgan fingerprint density at radius 1 is 0.884 bits per heavy atom. The van der Waals surface area contributed by atoms with Crippen LogP contribution in [0, 0.1) is 33.4 Å². The lowest BCUT2D eigenvalue weighted by Crippen LogP contribution is -2.57. The number of aromatic nitrogens is 1. The highest BCUT2D eigenvalue weighted by Gasteiger charge is 2.44. The van der Waals surface area contributed by atoms with Crippen molar-refractivity contribution in [2.75, 3.05) is 31.6 Å². The second-order valence-electron chi connectivity index (χ2n) is 18.7. The van der Waals surface area contributed by atoms with Gasteiger partial charge in [0.15, 0.2) is 11.6 Å². The maximum Gasteiger partial charge on any atom is 0.277 e. The third-order valence-electron chi connectivity index (χ3n) is 12.1. The van der Waals surface area contributed by atoms with E-state index in [-0.39, 0.29) is 54.6 Å². The molecule has 4 unspecified atom stereocenters. The van der Waals surface area contributed by atoms with E-state index in [1.807, 2.05) is 87.0 Å². The molecule has 5 rings (SSSR count). The van der Waals surface area contributed by atoms with Crippen LogP contribution in [0.25, 0.3) is 10.4 Å². The van der Waals surface area contributed by atoms with Gasteiger partial charge < -0.3 is 31.3 Å². The summed E-state index contributed by atoms with van der Waals surface area (Å²) in [6.45, 7) is 11.2. The average Bonchev–Trinajstić information content (AvgIpc) is 3.93. The molecule has 1 aromatic heterocycles. The molecule has 376 valence electrons. The number of hydroxylamine groups is 1. The number of aliphatic hydroxyl groups excluding tert-OH is 1. The number of unbranched alkanes of at least 4 members (excludes halogenated alkanes) is 8. The second kappa shape index (κ2) is 27.1. The van der Waals surface area contributed by atoms with Crippen LogP contribution in [0.2, 0.25) is 0 Å². The van der Waals surface area contributed by atoms with Crippen molar-refractivity contribution < 1.29 is 42.3 Å². The Hall–Kier alpha value is -4.63. The Morgan fingerprint density at radius 2 is 1.55 bits per heavy atom. The maximum absolute atomic E-state index is 14.7. The van der Waals surface area contributed by atoms with Gasteiger partial charge in [-0.3, -0.25) is 24.0 Å². The molecule has 0 radical (unpaired) electrons. The van der Waals surface area contributed by atoms with E-state index in [0.29, 0.717) is 29.4 Å². The fourth-order valence-corrected chi connectivity index (χ4v) is 9.44. The van der Waals surface area contributed by atoms with Crippen molar-refractivity contribution in [1.29, 1.82) is 0 Å². The molecule has 0 spiro atoms. The Labute approximate surface area is 421 Å². The van der Waals surface area contributed by atoms with Crippen LogP contribution in [-0.2, 0) is 19.2 Å². The van der Waals surface area contributed by atoms with E-state index in [9.17, 15) is 37.5 Å². The standard InChI is InChI=1S/C51H67F3IN7O6S/c1-32(34-17-19-35(20-18-34)46-33(2)57-31-69-46)58-49(66)42-29-37(63)30-62(42)50(67)47(51(3,4)5)60-43(64)16-13-11-9-7-6-8-10-12-14-25-56-26-15-27-68-61-48(65)38-22-23-39(52)44(54)45(38)59-41-24-21-36(55)28-40(41)53/h17-24,28,31-32,37,42,47,56,59,63H,6-16,25-27,29-30H2,1-5H3,(H,58,66)(H,60,64)(H,61,65). The number of rotatable bonds is 26. The molecule has 6 N–H and O–H groups in total. The van der Waals surface area contributed by atoms with Crippen LogP contribution in [-0.4, -0.2) is 83.0 Å². The summed E-state index contributed by atoms with van der Waals surface area (Å²) >= 11 is 3.50. The van der Waals surface area contributed by atoms with Crippen LogP contribution < -0.4 is 26.7 Å². The van der Waals surface area contributed by atoms with E-state index in [4.69, 9.17) is 4.84 Å². The summed E-state index contributed by atoms with van der Waals surface area (Å²) < 4.78 is 43.7. The zero-order valence-corrected chi connectivity index (χ0v) is 43.2. The highest BCUT2D eigenvalue weighted by Crippen LogP contribution is 2.31. The van der Waals surface area contributed by atoms with Crippen molar-refractivity contribution in [3.05, 3.63) is 98.0 Å². The van der Waals surface area contributed by atoms with Gasteiger partial charge in [0.2, 0.25) is 17.7 Å². The number of β-amino-alcohol motifs (C(OH)–C–C–N with tert-alkyl or cyclic N) is 1. The van der Waals surface area contributed by atoms with Gasteiger partial charge in [0.05, 0.1) is 51.8 Å². The number of likely N-dealkylation sites (tertiary alicyclic amines) is 1. The normalized spacial score (nSPS) is 15.7. The fourth-order valence-electron chi connectivity index (χ4n) is 8.18. The lowest BCUT2D eigenvalue weighted by molar-refractivity contribution is -0.144. The Balaban J connectivity index is 0.898. The topological polar surface area (TPSA) is 174 Å². The summed E-state index contributed by atoms with van der Waals surface area (Å²) in [6, 6.07) is 12.0. The van der Waals surface area contributed by atoms with Gasteiger partial charge in [-0.25, -0.2) is 23.6 Å². The van der Waals surface area contributed by atoms with Gasteiger partial charge in [0.1, 0.15) is 17.9 Å². The Kier molecular flexibility index (Phi) is 21.7. The van der Waals surface area contributed by atoms with E-state index in [2.05, 4.69) is 31.7 Å². The predicted octanol–water partition coefficient (Wildman–Crippen LogP) is 9.80. The lowest BCUT2D eigenvalue weighted by Gasteiger charge is -2.35. The highest BCUT2D eigenvalue weighted by atomic mass is 127. The molecule has 1 aliphatic heterocycles. The number of nitrogens with zero attached hydrogens (tertiary/aromatic N) is 2. The quantitative estimate of drug-likeness (QED) is 0.0203. The molecule has 4 amide bonds. The molecule has 4 atom stereocenters. The maximum atomic E-state index is 14.7. The number of aryl methyl sites for hydroxylation is 1. The number of anilines is 2. The first-order valence-electron chi connectivity index (χ1n) is 23.9. The van der Waals surface area contributed by atoms with Crippen molar-refractivity contribution >= 4 is 68.9 Å². The summed E-state index contributed by atoms with van der Waals surface area (Å²) in [5, 5.41) is 22.5. The largest absolute Gasteiger partial charge is 0.391 e. The lowest BCUT2D eigenvalue weighted by atomic mass is 9.85. The number of carbonyl (C=O) groups excluding carboxylic acids is 4. The monoisotopic (exact) mass is 1090 g/mol. The second-order valence-corrected chi connectivity index (χ2v) is 20.8. The summed E-state index contributed by atoms with van der Waals surface area (Å²) in [6.07, 6.45) is 9.35. The molecular weight excluding hydrogens is 1020 g/mol. The molecule has 1 saturated heterocycles. The Morgan fingerprint density at radius 3 is 2.20 bits per heavy atom. The molecule has 2 heterocycles. The first-order valence-corrected chi connectivity index (χ1v) is 25.8. The molecule has 0 bridgehead atoms. The SMILES string of the molecule is Cc1ncsc1-c1ccc(C(C)NC(=O)C2CC(O)CN2C(=O)C(NC(=O)CCCCCCCCCCCNCCCONC(=O)c2ccc(F)c(F)c2Nc2ccc(I)cc2F)C(C)(C)C)cc1. The van der Waals surface area contributed by atoms with Crippen LogP contribution in [0.5, 0.6) is 0 Å². The fraction of sp³-hybridized carbons (Fsp3) is 0.510. The third kappa shape index (κ3) is 16.7. The molecule has 69 heavy (non-hydrogen) atoms. The zero-order valence-electron chi connectivity index (χ0n) is 40.2. The number of carbonyl (C=O) groups is 4. The molecule has 3 aromatic carbocycles. The minimum Gasteiger partial charge on any atom is -0.391 e. The smallest absolute Gasteiger partial charge is 0.277 e. The first kappa shape index (κ1) is 55.3. The molecule has 0 aliphatic carbocycles. The molecule has 1 aliphatic rings. The van der Waals surface area contributed by atoms with E-state index in [1.54, 1.807) is 17.4 Å². The van der Waals surface area contributed by atoms with Gasteiger partial charge in [-0.1, -0.05) is 90.0 Å². The van der Waals surface area contributed by atoms with E-state index in [1.165, 1.54) is 17.0 Å². The molecule has 18 heteroatoms. The van der Waals surface area contributed by atoms with Gasteiger partial charge >= 0.3 is 0 Å². The molecule has 0 saturated carbocycles. The van der Waals surface area contributed by atoms with Crippen LogP contribution in [0.1, 0.15) is 132 Å². The number of nitrogens with one attached hydrogen (secondary N) is 5. The first-order chi connectivity index (χ1) is 32.9.